The van der Waals surface area contributed by atoms with E-state index >= 15 is 0 Å². The molecule has 0 unspecified atom stereocenters. The van der Waals surface area contributed by atoms with Crippen LogP contribution in [0.15, 0.2) is 72.8 Å². The minimum atomic E-state index is -3.92. The van der Waals surface area contributed by atoms with E-state index in [0.29, 0.717) is 12.3 Å². The second-order valence-corrected chi connectivity index (χ2v) is 12.3. The third-order valence-electron chi connectivity index (χ3n) is 6.46. The molecule has 3 aromatic rings. The fourth-order valence-electron chi connectivity index (χ4n) is 4.28. The molecule has 0 saturated carbocycles. The van der Waals surface area contributed by atoms with Crippen molar-refractivity contribution < 1.29 is 22.7 Å². The first-order valence-electron chi connectivity index (χ1n) is 13.2. The van der Waals surface area contributed by atoms with Crippen molar-refractivity contribution in [1.29, 1.82) is 0 Å². The zero-order chi connectivity index (χ0) is 30.0. The molecule has 1 atom stereocenters. The standard InChI is InChI=1S/C30H35Cl2N3O5S/c1-4-5-16-33-30(37)28(18-22-10-7-6-8-11-22)34(20-23-12-9-13-25(17-23)40-2)29(36)21-35(41(3,38)39)24-14-15-26(31)27(32)19-24/h6-15,17,19,28H,4-5,16,18,20-21H2,1-3H3,(H,33,37)/t28-/m1/s1. The number of ether oxygens (including phenoxy) is 1. The molecule has 0 aliphatic carbocycles. The number of rotatable bonds is 14. The van der Waals surface area contributed by atoms with Gasteiger partial charge >= 0.3 is 0 Å². The van der Waals surface area contributed by atoms with Gasteiger partial charge in [0.05, 0.1) is 29.1 Å². The summed E-state index contributed by atoms with van der Waals surface area (Å²) in [7, 11) is -2.37. The van der Waals surface area contributed by atoms with Crippen LogP contribution in [-0.2, 0) is 32.6 Å². The predicted octanol–water partition coefficient (Wildman–Crippen LogP) is 5.32. The lowest BCUT2D eigenvalue weighted by Gasteiger charge is -2.33. The molecule has 0 aliphatic heterocycles. The van der Waals surface area contributed by atoms with E-state index < -0.39 is 28.5 Å². The number of anilines is 1. The van der Waals surface area contributed by atoms with E-state index in [-0.39, 0.29) is 34.6 Å². The van der Waals surface area contributed by atoms with Gasteiger partial charge in [-0.1, -0.05) is 79.0 Å². The van der Waals surface area contributed by atoms with Gasteiger partial charge in [0, 0.05) is 19.5 Å². The van der Waals surface area contributed by atoms with Gasteiger partial charge in [0.2, 0.25) is 21.8 Å². The highest BCUT2D eigenvalue weighted by Gasteiger charge is 2.33. The summed E-state index contributed by atoms with van der Waals surface area (Å²) in [5.41, 5.74) is 1.76. The highest BCUT2D eigenvalue weighted by Crippen LogP contribution is 2.29. The van der Waals surface area contributed by atoms with Crippen molar-refractivity contribution in [1.82, 2.24) is 10.2 Å². The Kier molecular flexibility index (Phi) is 11.9. The van der Waals surface area contributed by atoms with Gasteiger partial charge in [0.15, 0.2) is 0 Å². The van der Waals surface area contributed by atoms with E-state index in [1.165, 1.54) is 23.1 Å². The molecule has 220 valence electrons. The first kappa shape index (κ1) is 32.2. The SMILES string of the molecule is CCCCNC(=O)[C@@H](Cc1ccccc1)N(Cc1cccc(OC)c1)C(=O)CN(c1ccc(Cl)c(Cl)c1)S(C)(=O)=O. The van der Waals surface area contributed by atoms with Gasteiger partial charge in [-0.3, -0.25) is 13.9 Å². The Bertz CT molecular complexity index is 1440. The second-order valence-electron chi connectivity index (χ2n) is 9.59. The number of carbonyl (C=O) groups is 2. The van der Waals surface area contributed by atoms with Gasteiger partial charge < -0.3 is 15.0 Å². The number of halogens is 2. The van der Waals surface area contributed by atoms with Crippen molar-refractivity contribution in [2.75, 3.05) is 30.8 Å². The van der Waals surface area contributed by atoms with Crippen molar-refractivity contribution in [3.05, 3.63) is 94.0 Å². The molecule has 0 aromatic heterocycles. The normalized spacial score (nSPS) is 11.9. The highest BCUT2D eigenvalue weighted by atomic mass is 35.5. The number of methoxy groups -OCH3 is 1. The zero-order valence-corrected chi connectivity index (χ0v) is 25.7. The average Bonchev–Trinajstić information content (AvgIpc) is 2.95. The Hall–Kier alpha value is -3.27. The topological polar surface area (TPSA) is 96.0 Å². The molecule has 41 heavy (non-hydrogen) atoms. The second kappa shape index (κ2) is 15.1. The number of nitrogens with zero attached hydrogens (tertiary/aromatic N) is 2. The van der Waals surface area contributed by atoms with Crippen LogP contribution < -0.4 is 14.4 Å². The third-order valence-corrected chi connectivity index (χ3v) is 8.34. The van der Waals surface area contributed by atoms with Crippen LogP contribution in [0.2, 0.25) is 10.0 Å². The summed E-state index contributed by atoms with van der Waals surface area (Å²) in [5, 5.41) is 3.36. The summed E-state index contributed by atoms with van der Waals surface area (Å²) in [4.78, 5) is 29.2. The monoisotopic (exact) mass is 619 g/mol. The number of amides is 2. The maximum atomic E-state index is 14.1. The lowest BCUT2D eigenvalue weighted by Crippen LogP contribution is -2.53. The molecular formula is C30H35Cl2N3O5S. The molecule has 3 rings (SSSR count). The molecule has 0 radical (unpaired) electrons. The van der Waals surface area contributed by atoms with E-state index in [1.807, 2.05) is 43.3 Å². The number of benzene rings is 3. The number of hydrogen-bond acceptors (Lipinski definition) is 5. The summed E-state index contributed by atoms with van der Waals surface area (Å²) in [5.74, 6) is -0.287. The van der Waals surface area contributed by atoms with Crippen LogP contribution in [0.5, 0.6) is 5.75 Å². The molecule has 0 saturated heterocycles. The summed E-state index contributed by atoms with van der Waals surface area (Å²) >= 11 is 12.2. The zero-order valence-electron chi connectivity index (χ0n) is 23.3. The van der Waals surface area contributed by atoms with Crippen LogP contribution in [0.3, 0.4) is 0 Å². The predicted molar refractivity (Wildman–Crippen MR) is 164 cm³/mol. The maximum absolute atomic E-state index is 14.1. The van der Waals surface area contributed by atoms with Gasteiger partial charge in [-0.25, -0.2) is 8.42 Å². The summed E-state index contributed by atoms with van der Waals surface area (Å²) in [6, 6.07) is 20.0. The number of nitrogens with one attached hydrogen (secondary N) is 1. The molecule has 11 heteroatoms. The van der Waals surface area contributed by atoms with Crippen molar-refractivity contribution in [2.45, 2.75) is 38.8 Å². The molecule has 0 heterocycles. The summed E-state index contributed by atoms with van der Waals surface area (Å²) < 4.78 is 32.1. The molecule has 3 aromatic carbocycles. The summed E-state index contributed by atoms with van der Waals surface area (Å²) in [6.45, 7) is 1.98. The van der Waals surface area contributed by atoms with Crippen LogP contribution in [0.1, 0.15) is 30.9 Å². The quantitative estimate of drug-likeness (QED) is 0.246. The first-order valence-corrected chi connectivity index (χ1v) is 15.8. The van der Waals surface area contributed by atoms with Crippen LogP contribution in [-0.4, -0.2) is 57.6 Å². The molecule has 8 nitrogen and oxygen atoms in total. The number of carbonyl (C=O) groups excluding carboxylic acids is 2. The molecule has 0 spiro atoms. The minimum Gasteiger partial charge on any atom is -0.497 e. The maximum Gasteiger partial charge on any atom is 0.244 e. The van der Waals surface area contributed by atoms with E-state index in [1.54, 1.807) is 25.3 Å². The third kappa shape index (κ3) is 9.38. The molecule has 0 bridgehead atoms. The Morgan fingerprint density at radius 3 is 2.29 bits per heavy atom. The molecule has 1 N–H and O–H groups in total. The summed E-state index contributed by atoms with van der Waals surface area (Å²) in [6.07, 6.45) is 2.92. The molecule has 2 amide bonds. The van der Waals surface area contributed by atoms with E-state index in [0.717, 1.165) is 34.5 Å². The van der Waals surface area contributed by atoms with Crippen LogP contribution in [0, 0.1) is 0 Å². The van der Waals surface area contributed by atoms with Gasteiger partial charge in [0.25, 0.3) is 0 Å². The van der Waals surface area contributed by atoms with Crippen molar-refractivity contribution in [3.8, 4) is 5.75 Å². The molecule has 0 fully saturated rings. The Labute approximate surface area is 252 Å². The average molecular weight is 621 g/mol. The lowest BCUT2D eigenvalue weighted by molar-refractivity contribution is -0.140. The van der Waals surface area contributed by atoms with Crippen molar-refractivity contribution in [3.63, 3.8) is 0 Å². The van der Waals surface area contributed by atoms with E-state index in [9.17, 15) is 18.0 Å². The highest BCUT2D eigenvalue weighted by molar-refractivity contribution is 7.92. The fraction of sp³-hybridized carbons (Fsp3) is 0.333. The number of sulfonamides is 1. The van der Waals surface area contributed by atoms with Crippen LogP contribution in [0.25, 0.3) is 0 Å². The Balaban J connectivity index is 2.06. The largest absolute Gasteiger partial charge is 0.497 e. The Morgan fingerprint density at radius 2 is 1.66 bits per heavy atom. The van der Waals surface area contributed by atoms with Crippen LogP contribution >= 0.6 is 23.2 Å². The van der Waals surface area contributed by atoms with Crippen molar-refractivity contribution in [2.24, 2.45) is 0 Å². The van der Waals surface area contributed by atoms with Gasteiger partial charge in [-0.2, -0.15) is 0 Å². The van der Waals surface area contributed by atoms with E-state index in [4.69, 9.17) is 27.9 Å². The molecule has 0 aliphatic rings. The van der Waals surface area contributed by atoms with Crippen LogP contribution in [0.4, 0.5) is 5.69 Å². The van der Waals surface area contributed by atoms with Gasteiger partial charge in [0.1, 0.15) is 18.3 Å². The number of hydrogen-bond donors (Lipinski definition) is 1. The minimum absolute atomic E-state index is 0.0493. The number of unbranched alkanes of at least 4 members (excludes halogenated alkanes) is 1. The first-order chi connectivity index (χ1) is 19.5. The van der Waals surface area contributed by atoms with E-state index in [2.05, 4.69) is 5.32 Å². The smallest absolute Gasteiger partial charge is 0.244 e. The van der Waals surface area contributed by atoms with Gasteiger partial charge in [-0.05, 0) is 47.9 Å². The van der Waals surface area contributed by atoms with Crippen molar-refractivity contribution >= 4 is 50.7 Å². The van der Waals surface area contributed by atoms with Gasteiger partial charge in [-0.15, -0.1) is 0 Å². The Morgan fingerprint density at radius 1 is 0.951 bits per heavy atom. The lowest BCUT2D eigenvalue weighted by atomic mass is 10.0. The fourth-order valence-corrected chi connectivity index (χ4v) is 5.42. The molecular weight excluding hydrogens is 585 g/mol.